The van der Waals surface area contributed by atoms with Crippen LogP contribution in [0.1, 0.15) is 13.3 Å². The predicted octanol–water partition coefficient (Wildman–Crippen LogP) is 2.99. The lowest BCUT2D eigenvalue weighted by atomic mass is 10.2. The number of methoxy groups -OCH3 is 2. The van der Waals surface area contributed by atoms with Crippen molar-refractivity contribution < 1.29 is 14.4 Å². The highest BCUT2D eigenvalue weighted by Crippen LogP contribution is 2.37. The molecule has 1 aromatic carbocycles. The highest BCUT2D eigenvalue weighted by atomic mass is 16.6. The van der Waals surface area contributed by atoms with E-state index in [-0.39, 0.29) is 11.7 Å². The number of nitrogens with zero attached hydrogens (tertiary/aromatic N) is 1. The minimum absolute atomic E-state index is 0.0364. The van der Waals surface area contributed by atoms with E-state index in [0.29, 0.717) is 23.6 Å². The van der Waals surface area contributed by atoms with Gasteiger partial charge in [0.15, 0.2) is 11.5 Å². The molecule has 1 N–H and O–H groups in total. The molecule has 0 aliphatic carbocycles. The van der Waals surface area contributed by atoms with Crippen LogP contribution in [-0.4, -0.2) is 25.2 Å². The van der Waals surface area contributed by atoms with Gasteiger partial charge in [-0.1, -0.05) is 6.08 Å². The van der Waals surface area contributed by atoms with Crippen molar-refractivity contribution in [1.82, 2.24) is 0 Å². The van der Waals surface area contributed by atoms with Gasteiger partial charge in [0.2, 0.25) is 0 Å². The molecule has 0 bridgehead atoms. The molecule has 0 radical (unpaired) electrons. The zero-order valence-electron chi connectivity index (χ0n) is 11.3. The molecule has 6 heteroatoms. The Morgan fingerprint density at radius 1 is 1.42 bits per heavy atom. The largest absolute Gasteiger partial charge is 0.493 e. The second-order valence-corrected chi connectivity index (χ2v) is 4.05. The maximum atomic E-state index is 11.1. The summed E-state index contributed by atoms with van der Waals surface area (Å²) in [6.45, 7) is 5.56. The Morgan fingerprint density at radius 3 is 2.47 bits per heavy atom. The van der Waals surface area contributed by atoms with Gasteiger partial charge < -0.3 is 14.8 Å². The Morgan fingerprint density at radius 2 is 2.00 bits per heavy atom. The molecule has 104 valence electrons. The summed E-state index contributed by atoms with van der Waals surface area (Å²) in [5, 5.41) is 14.1. The zero-order chi connectivity index (χ0) is 14.4. The first kappa shape index (κ1) is 14.8. The molecule has 0 aliphatic heterocycles. The fourth-order valence-corrected chi connectivity index (χ4v) is 1.71. The van der Waals surface area contributed by atoms with Crippen molar-refractivity contribution in [1.29, 1.82) is 0 Å². The second kappa shape index (κ2) is 6.63. The van der Waals surface area contributed by atoms with Crippen LogP contribution in [0.25, 0.3) is 0 Å². The number of benzene rings is 1. The number of hydrogen-bond donors (Lipinski definition) is 1. The molecule has 0 aliphatic rings. The van der Waals surface area contributed by atoms with Gasteiger partial charge in [0.05, 0.1) is 25.2 Å². The Bertz CT molecular complexity index is 474. The lowest BCUT2D eigenvalue weighted by Crippen LogP contribution is -2.15. The van der Waals surface area contributed by atoms with Crippen LogP contribution < -0.4 is 14.8 Å². The van der Waals surface area contributed by atoms with Gasteiger partial charge >= 0.3 is 0 Å². The van der Waals surface area contributed by atoms with Gasteiger partial charge in [0.25, 0.3) is 5.69 Å². The van der Waals surface area contributed by atoms with Crippen molar-refractivity contribution >= 4 is 11.4 Å². The fourth-order valence-electron chi connectivity index (χ4n) is 1.71. The van der Waals surface area contributed by atoms with E-state index >= 15 is 0 Å². The Hall–Kier alpha value is -2.24. The summed E-state index contributed by atoms with van der Waals surface area (Å²) < 4.78 is 10.2. The summed E-state index contributed by atoms with van der Waals surface area (Å²) in [6.07, 6.45) is 2.45. The average molecular weight is 266 g/mol. The lowest BCUT2D eigenvalue weighted by molar-refractivity contribution is -0.384. The van der Waals surface area contributed by atoms with Gasteiger partial charge in [0, 0.05) is 12.1 Å². The van der Waals surface area contributed by atoms with Gasteiger partial charge in [-0.25, -0.2) is 0 Å². The van der Waals surface area contributed by atoms with Crippen molar-refractivity contribution in [2.24, 2.45) is 0 Å². The summed E-state index contributed by atoms with van der Waals surface area (Å²) >= 11 is 0. The van der Waals surface area contributed by atoms with Crippen LogP contribution in [0.15, 0.2) is 24.8 Å². The molecule has 1 unspecified atom stereocenters. The van der Waals surface area contributed by atoms with E-state index in [0.717, 1.165) is 0 Å². The number of nitro groups is 1. The maximum absolute atomic E-state index is 11.1. The minimum atomic E-state index is -0.453. The molecule has 0 saturated heterocycles. The first-order valence-corrected chi connectivity index (χ1v) is 5.81. The monoisotopic (exact) mass is 266 g/mol. The quantitative estimate of drug-likeness (QED) is 0.466. The first-order chi connectivity index (χ1) is 9.03. The van der Waals surface area contributed by atoms with E-state index in [1.807, 2.05) is 6.92 Å². The first-order valence-electron chi connectivity index (χ1n) is 5.81. The Balaban J connectivity index is 3.19. The van der Waals surface area contributed by atoms with Gasteiger partial charge in [-0.05, 0) is 13.3 Å². The fraction of sp³-hybridized carbons (Fsp3) is 0.385. The molecule has 1 aromatic rings. The summed E-state index contributed by atoms with van der Waals surface area (Å²) in [5.74, 6) is 0.775. The van der Waals surface area contributed by atoms with Crippen molar-refractivity contribution in [3.8, 4) is 11.5 Å². The molecule has 0 saturated carbocycles. The molecule has 0 amide bonds. The second-order valence-electron chi connectivity index (χ2n) is 4.05. The van der Waals surface area contributed by atoms with E-state index in [9.17, 15) is 10.1 Å². The molecule has 0 aromatic heterocycles. The van der Waals surface area contributed by atoms with E-state index in [1.165, 1.54) is 20.3 Å². The molecule has 0 heterocycles. The highest BCUT2D eigenvalue weighted by Gasteiger charge is 2.20. The minimum Gasteiger partial charge on any atom is -0.493 e. The summed E-state index contributed by atoms with van der Waals surface area (Å²) in [7, 11) is 2.93. The smallest absolute Gasteiger partial charge is 0.296 e. The number of hydrogen-bond acceptors (Lipinski definition) is 5. The molecular formula is C13H18N2O4. The van der Waals surface area contributed by atoms with Crippen LogP contribution in [0, 0.1) is 10.1 Å². The number of ether oxygens (including phenoxy) is 2. The van der Waals surface area contributed by atoms with E-state index in [1.54, 1.807) is 12.1 Å². The Kier molecular flexibility index (Phi) is 5.17. The van der Waals surface area contributed by atoms with Gasteiger partial charge in [-0.2, -0.15) is 0 Å². The summed E-state index contributed by atoms with van der Waals surface area (Å²) in [4.78, 5) is 10.6. The third kappa shape index (κ3) is 3.61. The third-order valence-electron chi connectivity index (χ3n) is 2.62. The van der Waals surface area contributed by atoms with Crippen molar-refractivity contribution in [2.75, 3.05) is 19.5 Å². The van der Waals surface area contributed by atoms with Crippen LogP contribution in [0.2, 0.25) is 0 Å². The number of anilines is 1. The summed E-state index contributed by atoms with van der Waals surface area (Å²) in [6, 6.07) is 2.95. The molecule has 6 nitrogen and oxygen atoms in total. The predicted molar refractivity (Wildman–Crippen MR) is 74.1 cm³/mol. The number of nitrogens with one attached hydrogen (secondary N) is 1. The average Bonchev–Trinajstić information content (AvgIpc) is 2.38. The van der Waals surface area contributed by atoms with Crippen LogP contribution in [0.3, 0.4) is 0 Å². The molecule has 19 heavy (non-hydrogen) atoms. The normalized spacial score (nSPS) is 11.5. The van der Waals surface area contributed by atoms with E-state index in [2.05, 4.69) is 11.9 Å². The summed E-state index contributed by atoms with van der Waals surface area (Å²) in [5.41, 5.74) is 0.352. The molecular weight excluding hydrogens is 248 g/mol. The van der Waals surface area contributed by atoms with Gasteiger partial charge in [0.1, 0.15) is 5.69 Å². The zero-order valence-corrected chi connectivity index (χ0v) is 11.3. The molecule has 1 atom stereocenters. The molecule has 0 fully saturated rings. The lowest BCUT2D eigenvalue weighted by Gasteiger charge is -2.15. The van der Waals surface area contributed by atoms with E-state index in [4.69, 9.17) is 9.47 Å². The van der Waals surface area contributed by atoms with Crippen molar-refractivity contribution in [3.05, 3.63) is 34.9 Å². The van der Waals surface area contributed by atoms with Gasteiger partial charge in [-0.3, -0.25) is 10.1 Å². The third-order valence-corrected chi connectivity index (χ3v) is 2.62. The SMILES string of the molecule is C=CCC(C)Nc1cc(OC)c(OC)cc1[N+](=O)[O-]. The van der Waals surface area contributed by atoms with Crippen LogP contribution in [-0.2, 0) is 0 Å². The standard InChI is InChI=1S/C13H18N2O4/c1-5-6-9(2)14-10-7-12(18-3)13(19-4)8-11(10)15(16)17/h5,7-9,14H,1,6H2,2-4H3. The topological polar surface area (TPSA) is 73.6 Å². The Labute approximate surface area is 112 Å². The molecule has 0 spiro atoms. The van der Waals surface area contributed by atoms with Gasteiger partial charge in [-0.15, -0.1) is 6.58 Å². The van der Waals surface area contributed by atoms with Crippen molar-refractivity contribution in [2.45, 2.75) is 19.4 Å². The van der Waals surface area contributed by atoms with Crippen LogP contribution in [0.4, 0.5) is 11.4 Å². The molecule has 1 rings (SSSR count). The van der Waals surface area contributed by atoms with Crippen LogP contribution >= 0.6 is 0 Å². The van der Waals surface area contributed by atoms with Crippen molar-refractivity contribution in [3.63, 3.8) is 0 Å². The van der Waals surface area contributed by atoms with Crippen LogP contribution in [0.5, 0.6) is 11.5 Å². The van der Waals surface area contributed by atoms with E-state index < -0.39 is 4.92 Å². The maximum Gasteiger partial charge on any atom is 0.296 e. The highest BCUT2D eigenvalue weighted by molar-refractivity contribution is 5.68. The number of rotatable bonds is 7. The number of nitro benzene ring substituents is 1.